The Morgan fingerprint density at radius 3 is 2.58 bits per heavy atom. The molecule has 3 heteroatoms. The Hall–Kier alpha value is -0.570. The lowest BCUT2D eigenvalue weighted by Gasteiger charge is -2.34. The van der Waals surface area contributed by atoms with Crippen LogP contribution in [0.25, 0.3) is 0 Å². The van der Waals surface area contributed by atoms with Gasteiger partial charge in [-0.3, -0.25) is 10.1 Å². The molecule has 0 aromatic carbocycles. The maximum absolute atomic E-state index is 12.8. The summed E-state index contributed by atoms with van der Waals surface area (Å²) in [6, 6.07) is 0.487. The summed E-state index contributed by atoms with van der Waals surface area (Å²) in [5.41, 5.74) is -0.135. The number of nitrogens with zero attached hydrogens (tertiary/aromatic N) is 1. The fourth-order valence-electron chi connectivity index (χ4n) is 4.38. The molecule has 1 heterocycles. The second-order valence-electron chi connectivity index (χ2n) is 6.92. The van der Waals surface area contributed by atoms with Crippen molar-refractivity contribution in [3.63, 3.8) is 0 Å². The smallest absolute Gasteiger partial charge is 0.244 e. The van der Waals surface area contributed by atoms with Crippen molar-refractivity contribution in [3.8, 4) is 0 Å². The van der Waals surface area contributed by atoms with Crippen molar-refractivity contribution in [2.24, 2.45) is 11.8 Å². The second-order valence-corrected chi connectivity index (χ2v) is 6.92. The maximum Gasteiger partial charge on any atom is 0.244 e. The molecule has 1 spiro atoms. The van der Waals surface area contributed by atoms with E-state index in [1.807, 2.05) is 0 Å². The summed E-state index contributed by atoms with van der Waals surface area (Å²) < 4.78 is 0. The SMILES string of the molecule is CCCC1NC2(CC2)C(=O)N1C1CCC(CC)C1C. The lowest BCUT2D eigenvalue weighted by molar-refractivity contribution is -0.133. The first kappa shape index (κ1) is 13.4. The van der Waals surface area contributed by atoms with Gasteiger partial charge in [-0.2, -0.15) is 0 Å². The lowest BCUT2D eigenvalue weighted by atomic mass is 9.92. The van der Waals surface area contributed by atoms with E-state index in [2.05, 4.69) is 31.0 Å². The van der Waals surface area contributed by atoms with Crippen LogP contribution in [0.1, 0.15) is 65.7 Å². The Balaban J connectivity index is 1.79. The molecule has 1 amide bonds. The van der Waals surface area contributed by atoms with Gasteiger partial charge in [-0.05, 0) is 43.9 Å². The van der Waals surface area contributed by atoms with E-state index in [0.717, 1.165) is 31.6 Å². The monoisotopic (exact) mass is 264 g/mol. The van der Waals surface area contributed by atoms with E-state index >= 15 is 0 Å². The predicted octanol–water partition coefficient (Wildman–Crippen LogP) is 2.90. The Bertz CT molecular complexity index is 364. The average molecular weight is 264 g/mol. The number of nitrogens with one attached hydrogen (secondary N) is 1. The first-order chi connectivity index (χ1) is 9.13. The molecule has 4 unspecified atom stereocenters. The van der Waals surface area contributed by atoms with E-state index in [1.54, 1.807) is 0 Å². The average Bonchev–Trinajstić information content (AvgIpc) is 3.02. The Morgan fingerprint density at radius 2 is 2.05 bits per heavy atom. The first-order valence-electron chi connectivity index (χ1n) is 8.23. The molecule has 1 aliphatic heterocycles. The van der Waals surface area contributed by atoms with Crippen LogP contribution >= 0.6 is 0 Å². The normalized spacial score (nSPS) is 40.4. The Morgan fingerprint density at radius 1 is 1.32 bits per heavy atom. The van der Waals surface area contributed by atoms with Crippen molar-refractivity contribution >= 4 is 5.91 Å². The fourth-order valence-corrected chi connectivity index (χ4v) is 4.38. The van der Waals surface area contributed by atoms with Crippen molar-refractivity contribution in [2.75, 3.05) is 0 Å². The van der Waals surface area contributed by atoms with Gasteiger partial charge >= 0.3 is 0 Å². The predicted molar refractivity (Wildman–Crippen MR) is 76.6 cm³/mol. The highest BCUT2D eigenvalue weighted by atomic mass is 16.2. The van der Waals surface area contributed by atoms with Crippen LogP contribution in [0.3, 0.4) is 0 Å². The van der Waals surface area contributed by atoms with Crippen LogP contribution in [0.4, 0.5) is 0 Å². The minimum atomic E-state index is -0.135. The molecule has 4 atom stereocenters. The van der Waals surface area contributed by atoms with Gasteiger partial charge in [0.2, 0.25) is 5.91 Å². The molecule has 1 N–H and O–H groups in total. The third-order valence-corrected chi connectivity index (χ3v) is 5.80. The van der Waals surface area contributed by atoms with E-state index < -0.39 is 0 Å². The Labute approximate surface area is 117 Å². The largest absolute Gasteiger partial charge is 0.322 e. The van der Waals surface area contributed by atoms with E-state index in [0.29, 0.717) is 24.0 Å². The lowest BCUT2D eigenvalue weighted by Crippen LogP contribution is -2.46. The van der Waals surface area contributed by atoms with Gasteiger partial charge in [0.1, 0.15) is 0 Å². The van der Waals surface area contributed by atoms with Gasteiger partial charge in [0.15, 0.2) is 0 Å². The fraction of sp³-hybridized carbons (Fsp3) is 0.938. The van der Waals surface area contributed by atoms with Crippen molar-refractivity contribution in [1.82, 2.24) is 10.2 Å². The van der Waals surface area contributed by atoms with E-state index in [4.69, 9.17) is 0 Å². The number of carbonyl (C=O) groups is 1. The molecule has 2 aliphatic carbocycles. The molecular weight excluding hydrogens is 236 g/mol. The number of carbonyl (C=O) groups excluding carboxylic acids is 1. The molecule has 0 radical (unpaired) electrons. The van der Waals surface area contributed by atoms with Crippen LogP contribution in [0.5, 0.6) is 0 Å². The van der Waals surface area contributed by atoms with E-state index in [-0.39, 0.29) is 5.54 Å². The minimum Gasteiger partial charge on any atom is -0.322 e. The molecule has 1 saturated heterocycles. The second kappa shape index (κ2) is 4.76. The molecule has 19 heavy (non-hydrogen) atoms. The van der Waals surface area contributed by atoms with Crippen molar-refractivity contribution in [1.29, 1.82) is 0 Å². The first-order valence-corrected chi connectivity index (χ1v) is 8.23. The molecular formula is C16H28N2O. The molecule has 2 saturated carbocycles. The highest BCUT2D eigenvalue weighted by Crippen LogP contribution is 2.47. The quantitative estimate of drug-likeness (QED) is 0.847. The number of hydrogen-bond acceptors (Lipinski definition) is 2. The van der Waals surface area contributed by atoms with Crippen molar-refractivity contribution in [2.45, 2.75) is 83.5 Å². The van der Waals surface area contributed by atoms with Crippen LogP contribution in [0, 0.1) is 11.8 Å². The summed E-state index contributed by atoms with van der Waals surface area (Å²) in [4.78, 5) is 15.0. The third kappa shape index (κ3) is 2.01. The molecule has 3 nitrogen and oxygen atoms in total. The minimum absolute atomic E-state index is 0.135. The number of amides is 1. The third-order valence-electron chi connectivity index (χ3n) is 5.80. The Kier molecular flexibility index (Phi) is 3.36. The summed E-state index contributed by atoms with van der Waals surface area (Å²) in [6.45, 7) is 6.87. The summed E-state index contributed by atoms with van der Waals surface area (Å²) in [7, 11) is 0. The van der Waals surface area contributed by atoms with Crippen LogP contribution in [0.2, 0.25) is 0 Å². The molecule has 0 bridgehead atoms. The van der Waals surface area contributed by atoms with E-state index in [1.165, 1.54) is 19.3 Å². The van der Waals surface area contributed by atoms with Gasteiger partial charge < -0.3 is 4.90 Å². The number of hydrogen-bond donors (Lipinski definition) is 1. The zero-order valence-electron chi connectivity index (χ0n) is 12.6. The number of rotatable bonds is 4. The van der Waals surface area contributed by atoms with Gasteiger partial charge in [0.25, 0.3) is 0 Å². The highest BCUT2D eigenvalue weighted by Gasteiger charge is 2.60. The summed E-state index contributed by atoms with van der Waals surface area (Å²) in [5.74, 6) is 1.90. The van der Waals surface area contributed by atoms with Crippen LogP contribution in [0.15, 0.2) is 0 Å². The van der Waals surface area contributed by atoms with Gasteiger partial charge in [-0.15, -0.1) is 0 Å². The topological polar surface area (TPSA) is 32.3 Å². The maximum atomic E-state index is 12.8. The van der Waals surface area contributed by atoms with Gasteiger partial charge in [0.05, 0.1) is 11.7 Å². The van der Waals surface area contributed by atoms with Crippen molar-refractivity contribution in [3.05, 3.63) is 0 Å². The molecule has 3 rings (SSSR count). The summed E-state index contributed by atoms with van der Waals surface area (Å²) in [6.07, 6.45) is 8.45. The van der Waals surface area contributed by atoms with Crippen LogP contribution < -0.4 is 5.32 Å². The van der Waals surface area contributed by atoms with Gasteiger partial charge in [-0.1, -0.05) is 33.6 Å². The molecule has 108 valence electrons. The zero-order valence-corrected chi connectivity index (χ0v) is 12.6. The molecule has 3 fully saturated rings. The summed E-state index contributed by atoms with van der Waals surface area (Å²) in [5, 5.41) is 3.65. The van der Waals surface area contributed by atoms with Crippen LogP contribution in [-0.4, -0.2) is 28.6 Å². The zero-order chi connectivity index (χ0) is 13.6. The standard InChI is InChI=1S/C16H28N2O/c1-4-6-14-17-16(9-10-16)15(19)18(14)13-8-7-12(5-2)11(13)3/h11-14,17H,4-10H2,1-3H3. The molecule has 0 aromatic heterocycles. The molecule has 0 aromatic rings. The van der Waals surface area contributed by atoms with Crippen molar-refractivity contribution < 1.29 is 4.79 Å². The van der Waals surface area contributed by atoms with Gasteiger partial charge in [-0.25, -0.2) is 0 Å². The molecule has 3 aliphatic rings. The van der Waals surface area contributed by atoms with Crippen LogP contribution in [-0.2, 0) is 4.79 Å². The highest BCUT2D eigenvalue weighted by molar-refractivity contribution is 5.92. The summed E-state index contributed by atoms with van der Waals surface area (Å²) >= 11 is 0. The van der Waals surface area contributed by atoms with E-state index in [9.17, 15) is 4.79 Å². The van der Waals surface area contributed by atoms with Gasteiger partial charge in [0, 0.05) is 6.04 Å².